The number of allylic oxidation sites excluding steroid dienone is 2. The highest BCUT2D eigenvalue weighted by molar-refractivity contribution is 6.07. The zero-order valence-corrected chi connectivity index (χ0v) is 22.2. The second-order valence-electron chi connectivity index (χ2n) is 10.4. The standard InChI is InChI=1S/C33H32N4O2/c1-23-19-26(25-7-3-2-4-8-25)11-13-29(23)33(39)37-22-28-12-14-31(32(38)35-20-24-15-17-34-18-16-24)36(28)21-27-9-5-6-10-30(27)37/h5-7,9-19H,2-4,8,20-22H2,1H3,(H,35,38). The number of carbonyl (C=O) groups excluding carboxylic acids is 2. The van der Waals surface area contributed by atoms with Gasteiger partial charge in [-0.3, -0.25) is 14.6 Å². The maximum absolute atomic E-state index is 14.1. The van der Waals surface area contributed by atoms with Gasteiger partial charge in [0.05, 0.1) is 13.1 Å². The summed E-state index contributed by atoms with van der Waals surface area (Å²) in [6.07, 6.45) is 10.5. The van der Waals surface area contributed by atoms with Gasteiger partial charge in [-0.25, -0.2) is 0 Å². The lowest BCUT2D eigenvalue weighted by Gasteiger charge is -2.24. The van der Waals surface area contributed by atoms with Gasteiger partial charge in [-0.15, -0.1) is 0 Å². The summed E-state index contributed by atoms with van der Waals surface area (Å²) in [6.45, 7) is 3.36. The fourth-order valence-electron chi connectivity index (χ4n) is 5.66. The predicted molar refractivity (Wildman–Crippen MR) is 154 cm³/mol. The quantitative estimate of drug-likeness (QED) is 0.339. The third-order valence-corrected chi connectivity index (χ3v) is 7.80. The van der Waals surface area contributed by atoms with Gasteiger partial charge in [0.15, 0.2) is 0 Å². The zero-order chi connectivity index (χ0) is 26.8. The molecule has 6 nitrogen and oxygen atoms in total. The molecule has 0 bridgehead atoms. The minimum Gasteiger partial charge on any atom is -0.347 e. The zero-order valence-electron chi connectivity index (χ0n) is 22.2. The van der Waals surface area contributed by atoms with E-state index in [0.29, 0.717) is 30.9 Å². The molecule has 2 aromatic heterocycles. The molecule has 0 radical (unpaired) electrons. The Morgan fingerprint density at radius 2 is 1.79 bits per heavy atom. The Hall–Kier alpha value is -4.45. The van der Waals surface area contributed by atoms with Gasteiger partial charge in [-0.1, -0.05) is 36.4 Å². The Bertz CT molecular complexity index is 1570. The molecule has 1 aliphatic carbocycles. The number of benzene rings is 2. The van der Waals surface area contributed by atoms with Crippen molar-refractivity contribution in [1.29, 1.82) is 0 Å². The molecule has 2 amide bonds. The molecule has 2 aliphatic rings. The number of rotatable bonds is 5. The molecule has 196 valence electrons. The van der Waals surface area contributed by atoms with Crippen molar-refractivity contribution in [3.05, 3.63) is 124 Å². The molecule has 1 aliphatic heterocycles. The highest BCUT2D eigenvalue weighted by Crippen LogP contribution is 2.32. The van der Waals surface area contributed by atoms with Crippen LogP contribution in [0.15, 0.2) is 85.2 Å². The number of fused-ring (bicyclic) bond motifs is 2. The third kappa shape index (κ3) is 5.02. The fraction of sp³-hybridized carbons (Fsp3) is 0.242. The summed E-state index contributed by atoms with van der Waals surface area (Å²) in [5.41, 5.74) is 8.69. The number of nitrogens with one attached hydrogen (secondary N) is 1. The van der Waals surface area contributed by atoms with Crippen LogP contribution in [-0.2, 0) is 19.6 Å². The van der Waals surface area contributed by atoms with Crippen molar-refractivity contribution in [2.24, 2.45) is 0 Å². The average molecular weight is 517 g/mol. The van der Waals surface area contributed by atoms with Crippen molar-refractivity contribution in [3.8, 4) is 0 Å². The minimum atomic E-state index is -0.140. The molecule has 0 unspecified atom stereocenters. The third-order valence-electron chi connectivity index (χ3n) is 7.80. The van der Waals surface area contributed by atoms with E-state index in [1.165, 1.54) is 24.0 Å². The second-order valence-corrected chi connectivity index (χ2v) is 10.4. The summed E-state index contributed by atoms with van der Waals surface area (Å²) in [5, 5.41) is 3.02. The number of hydrogen-bond acceptors (Lipinski definition) is 3. The topological polar surface area (TPSA) is 67.2 Å². The summed E-state index contributed by atoms with van der Waals surface area (Å²) in [4.78, 5) is 33.1. The van der Waals surface area contributed by atoms with Gasteiger partial charge in [0.2, 0.25) is 0 Å². The van der Waals surface area contributed by atoms with E-state index in [2.05, 4.69) is 28.5 Å². The number of para-hydroxylation sites is 1. The lowest BCUT2D eigenvalue weighted by atomic mass is 9.91. The minimum absolute atomic E-state index is 0.0255. The number of anilines is 1. The van der Waals surface area contributed by atoms with Crippen LogP contribution in [-0.4, -0.2) is 21.4 Å². The van der Waals surface area contributed by atoms with Gasteiger partial charge < -0.3 is 14.8 Å². The average Bonchev–Trinajstić information content (AvgIpc) is 3.29. The molecule has 3 heterocycles. The number of pyridine rings is 1. The molecule has 4 aromatic rings. The van der Waals surface area contributed by atoms with Crippen molar-refractivity contribution in [3.63, 3.8) is 0 Å². The second kappa shape index (κ2) is 10.7. The molecular formula is C33H32N4O2. The highest BCUT2D eigenvalue weighted by atomic mass is 16.2. The molecule has 0 fully saturated rings. The van der Waals surface area contributed by atoms with Crippen LogP contribution in [0.5, 0.6) is 0 Å². The van der Waals surface area contributed by atoms with Crippen LogP contribution >= 0.6 is 0 Å². The monoisotopic (exact) mass is 516 g/mol. The van der Waals surface area contributed by atoms with Gasteiger partial charge in [0.25, 0.3) is 11.8 Å². The lowest BCUT2D eigenvalue weighted by Crippen LogP contribution is -2.31. The Labute approximate surface area is 229 Å². The molecule has 0 atom stereocenters. The van der Waals surface area contributed by atoms with Crippen molar-refractivity contribution >= 4 is 23.1 Å². The first-order valence-corrected chi connectivity index (χ1v) is 13.6. The molecule has 0 saturated carbocycles. The highest BCUT2D eigenvalue weighted by Gasteiger charge is 2.28. The van der Waals surface area contributed by atoms with E-state index in [9.17, 15) is 9.59 Å². The van der Waals surface area contributed by atoms with Gasteiger partial charge in [0.1, 0.15) is 5.69 Å². The lowest BCUT2D eigenvalue weighted by molar-refractivity contribution is 0.0941. The fourth-order valence-corrected chi connectivity index (χ4v) is 5.66. The van der Waals surface area contributed by atoms with E-state index in [-0.39, 0.29) is 11.8 Å². The number of hydrogen-bond donors (Lipinski definition) is 1. The predicted octanol–water partition coefficient (Wildman–Crippen LogP) is 6.29. The van der Waals surface area contributed by atoms with Crippen LogP contribution in [0.3, 0.4) is 0 Å². The molecule has 0 spiro atoms. The van der Waals surface area contributed by atoms with E-state index in [0.717, 1.165) is 40.9 Å². The summed E-state index contributed by atoms with van der Waals surface area (Å²) < 4.78 is 2.03. The summed E-state index contributed by atoms with van der Waals surface area (Å²) >= 11 is 0. The van der Waals surface area contributed by atoms with E-state index in [1.54, 1.807) is 12.4 Å². The Balaban J connectivity index is 1.29. The van der Waals surface area contributed by atoms with Gasteiger partial charge >= 0.3 is 0 Å². The van der Waals surface area contributed by atoms with Crippen molar-refractivity contribution in [2.45, 2.75) is 52.2 Å². The summed E-state index contributed by atoms with van der Waals surface area (Å²) in [7, 11) is 0. The van der Waals surface area contributed by atoms with Crippen molar-refractivity contribution < 1.29 is 9.59 Å². The van der Waals surface area contributed by atoms with E-state index in [4.69, 9.17) is 0 Å². The van der Waals surface area contributed by atoms with E-state index >= 15 is 0 Å². The maximum atomic E-state index is 14.1. The van der Waals surface area contributed by atoms with Gasteiger partial charge in [-0.2, -0.15) is 0 Å². The molecule has 0 saturated heterocycles. The number of nitrogens with zero attached hydrogens (tertiary/aromatic N) is 3. The summed E-state index contributed by atoms with van der Waals surface area (Å²) in [5.74, 6) is -0.166. The SMILES string of the molecule is Cc1cc(C2=CCCCC2)ccc1C(=O)N1Cc2ccc(C(=O)NCc3ccncc3)n2Cc2ccccc21. The molecular weight excluding hydrogens is 484 g/mol. The number of aromatic nitrogens is 2. The van der Waals surface area contributed by atoms with Gasteiger partial charge in [-0.05, 0) is 96.8 Å². The number of amides is 2. The van der Waals surface area contributed by atoms with Crippen LogP contribution in [0.4, 0.5) is 5.69 Å². The first-order valence-electron chi connectivity index (χ1n) is 13.6. The smallest absolute Gasteiger partial charge is 0.268 e. The summed E-state index contributed by atoms with van der Waals surface area (Å²) in [6, 6.07) is 21.8. The Kier molecular flexibility index (Phi) is 6.84. The molecule has 39 heavy (non-hydrogen) atoms. The maximum Gasteiger partial charge on any atom is 0.268 e. The molecule has 2 aromatic carbocycles. The molecule has 1 N–H and O–H groups in total. The van der Waals surface area contributed by atoms with Crippen molar-refractivity contribution in [2.75, 3.05) is 4.90 Å². The van der Waals surface area contributed by atoms with Crippen LogP contribution in [0.1, 0.15) is 74.5 Å². The van der Waals surface area contributed by atoms with Crippen LogP contribution < -0.4 is 10.2 Å². The Morgan fingerprint density at radius 3 is 2.59 bits per heavy atom. The first-order chi connectivity index (χ1) is 19.1. The van der Waals surface area contributed by atoms with E-state index < -0.39 is 0 Å². The van der Waals surface area contributed by atoms with Crippen molar-refractivity contribution in [1.82, 2.24) is 14.9 Å². The first kappa shape index (κ1) is 24.9. The largest absolute Gasteiger partial charge is 0.347 e. The Morgan fingerprint density at radius 1 is 0.949 bits per heavy atom. The van der Waals surface area contributed by atoms with Crippen LogP contribution in [0, 0.1) is 6.92 Å². The molecule has 6 rings (SSSR count). The normalized spacial score (nSPS) is 14.6. The van der Waals surface area contributed by atoms with Crippen LogP contribution in [0.25, 0.3) is 5.57 Å². The van der Waals surface area contributed by atoms with E-state index in [1.807, 2.05) is 71.0 Å². The number of aryl methyl sites for hydroxylation is 1. The van der Waals surface area contributed by atoms with Gasteiger partial charge in [0, 0.05) is 35.9 Å². The van der Waals surface area contributed by atoms with Crippen LogP contribution in [0.2, 0.25) is 0 Å². The molecule has 6 heteroatoms. The number of carbonyl (C=O) groups is 2.